The highest BCUT2D eigenvalue weighted by Gasteiger charge is 2.26. The van der Waals surface area contributed by atoms with Crippen molar-refractivity contribution >= 4 is 22.8 Å². The second-order valence-electron chi connectivity index (χ2n) is 12.3. The van der Waals surface area contributed by atoms with Crippen LogP contribution in [0.5, 0.6) is 0 Å². The molecule has 1 aliphatic rings. The first-order valence-electron chi connectivity index (χ1n) is 14.8. The van der Waals surface area contributed by atoms with Gasteiger partial charge in [-0.05, 0) is 76.6 Å². The Bertz CT molecular complexity index is 1830. The molecule has 0 bridgehead atoms. The number of nitrogens with zero attached hydrogens (tertiary/aromatic N) is 5. The summed E-state index contributed by atoms with van der Waals surface area (Å²) >= 11 is 0. The maximum absolute atomic E-state index is 14.4. The number of fused-ring (bicyclic) bond motifs is 1. The number of hydrogen-bond donors (Lipinski definition) is 1. The van der Waals surface area contributed by atoms with Crippen LogP contribution in [0.15, 0.2) is 60.9 Å². The Morgan fingerprint density at radius 2 is 1.70 bits per heavy atom. The van der Waals surface area contributed by atoms with Crippen LogP contribution in [0.2, 0.25) is 0 Å². The minimum atomic E-state index is -0.506. The summed E-state index contributed by atoms with van der Waals surface area (Å²) in [7, 11) is 0. The molecule has 0 spiro atoms. The zero-order valence-corrected chi connectivity index (χ0v) is 25.6. The number of rotatable bonds is 5. The van der Waals surface area contributed by atoms with Crippen molar-refractivity contribution in [2.45, 2.75) is 46.8 Å². The number of aryl methyl sites for hydroxylation is 1. The van der Waals surface area contributed by atoms with E-state index in [9.17, 15) is 13.6 Å². The third-order valence-corrected chi connectivity index (χ3v) is 8.01. The summed E-state index contributed by atoms with van der Waals surface area (Å²) in [5.74, 6) is -0.942. The molecule has 44 heavy (non-hydrogen) atoms. The van der Waals surface area contributed by atoms with Crippen molar-refractivity contribution in [3.05, 3.63) is 89.5 Å². The van der Waals surface area contributed by atoms with E-state index in [1.165, 1.54) is 6.07 Å². The monoisotopic (exact) mass is 598 g/mol. The maximum Gasteiger partial charge on any atom is 0.410 e. The summed E-state index contributed by atoms with van der Waals surface area (Å²) in [6.07, 6.45) is 3.51. The van der Waals surface area contributed by atoms with Gasteiger partial charge in [0.15, 0.2) is 0 Å². The number of carbonyl (C=O) groups excluding carboxylic acids is 1. The molecule has 0 aliphatic carbocycles. The molecule has 1 saturated heterocycles. The predicted octanol–water partition coefficient (Wildman–Crippen LogP) is 7.09. The summed E-state index contributed by atoms with van der Waals surface area (Å²) in [4.78, 5) is 24.4. The van der Waals surface area contributed by atoms with E-state index in [1.54, 1.807) is 9.58 Å². The van der Waals surface area contributed by atoms with E-state index in [1.807, 2.05) is 47.0 Å². The fraction of sp³-hybridized carbons (Fsp3) is 0.324. The highest BCUT2D eigenvalue weighted by molar-refractivity contribution is 5.97. The molecule has 5 aromatic rings. The average molecular weight is 599 g/mol. The van der Waals surface area contributed by atoms with E-state index < -0.39 is 17.2 Å². The van der Waals surface area contributed by atoms with Crippen LogP contribution in [-0.2, 0) is 11.3 Å². The highest BCUT2D eigenvalue weighted by atomic mass is 19.1. The Kier molecular flexibility index (Phi) is 7.61. The number of halogens is 2. The normalized spacial score (nSPS) is 14.0. The molecule has 3 aromatic heterocycles. The van der Waals surface area contributed by atoms with Crippen molar-refractivity contribution in [3.8, 4) is 22.3 Å². The van der Waals surface area contributed by atoms with Crippen LogP contribution in [0.25, 0.3) is 33.3 Å². The number of pyridine rings is 1. The predicted molar refractivity (Wildman–Crippen MR) is 168 cm³/mol. The Hall–Kier alpha value is -4.73. The van der Waals surface area contributed by atoms with E-state index in [-0.39, 0.29) is 18.2 Å². The molecule has 10 heteroatoms. The number of H-pyrrole nitrogens is 1. The number of nitrogens with one attached hydrogen (secondary N) is 1. The number of amides is 1. The first-order chi connectivity index (χ1) is 21.0. The molecular weight excluding hydrogens is 562 g/mol. The lowest BCUT2D eigenvalue weighted by Crippen LogP contribution is -2.50. The molecule has 1 N–H and O–H groups in total. The lowest BCUT2D eigenvalue weighted by molar-refractivity contribution is 0.0240. The number of piperazine rings is 1. The third-order valence-electron chi connectivity index (χ3n) is 8.01. The van der Waals surface area contributed by atoms with Gasteiger partial charge in [-0.15, -0.1) is 0 Å². The summed E-state index contributed by atoms with van der Waals surface area (Å²) in [5.41, 5.74) is 7.15. The van der Waals surface area contributed by atoms with Gasteiger partial charge in [0.05, 0.1) is 12.2 Å². The Morgan fingerprint density at radius 3 is 2.41 bits per heavy atom. The molecule has 1 aliphatic heterocycles. The Labute approximate surface area is 255 Å². The minimum absolute atomic E-state index is 0.129. The quantitative estimate of drug-likeness (QED) is 0.234. The van der Waals surface area contributed by atoms with Crippen LogP contribution in [0.1, 0.15) is 37.7 Å². The van der Waals surface area contributed by atoms with Crippen molar-refractivity contribution in [3.63, 3.8) is 0 Å². The smallest absolute Gasteiger partial charge is 0.410 e. The molecule has 1 amide bonds. The van der Waals surface area contributed by atoms with E-state index >= 15 is 0 Å². The van der Waals surface area contributed by atoms with Crippen molar-refractivity contribution < 1.29 is 18.3 Å². The van der Waals surface area contributed by atoms with Gasteiger partial charge in [-0.1, -0.05) is 12.1 Å². The van der Waals surface area contributed by atoms with Crippen molar-refractivity contribution in [2.75, 3.05) is 31.1 Å². The molecule has 0 atom stereocenters. The largest absolute Gasteiger partial charge is 0.444 e. The molecule has 0 radical (unpaired) electrons. The number of hydrogen-bond acceptors (Lipinski definition) is 5. The van der Waals surface area contributed by atoms with Gasteiger partial charge in [-0.25, -0.2) is 18.6 Å². The third kappa shape index (κ3) is 5.89. The first kappa shape index (κ1) is 29.3. The van der Waals surface area contributed by atoms with Crippen LogP contribution in [0.4, 0.5) is 19.3 Å². The van der Waals surface area contributed by atoms with Gasteiger partial charge >= 0.3 is 6.09 Å². The summed E-state index contributed by atoms with van der Waals surface area (Å²) in [6, 6.07) is 14.0. The fourth-order valence-electron chi connectivity index (χ4n) is 5.77. The molecule has 4 heterocycles. The number of aromatic nitrogens is 4. The van der Waals surface area contributed by atoms with Gasteiger partial charge in [-0.2, -0.15) is 5.10 Å². The molecule has 8 nitrogen and oxygen atoms in total. The topological polar surface area (TPSA) is 79.3 Å². The van der Waals surface area contributed by atoms with E-state index in [0.29, 0.717) is 13.1 Å². The van der Waals surface area contributed by atoms with Crippen LogP contribution in [-0.4, -0.2) is 62.5 Å². The highest BCUT2D eigenvalue weighted by Crippen LogP contribution is 2.35. The van der Waals surface area contributed by atoms with Gasteiger partial charge in [0, 0.05) is 77.6 Å². The second-order valence-corrected chi connectivity index (χ2v) is 12.3. The second kappa shape index (κ2) is 11.4. The molecule has 228 valence electrons. The molecule has 6 rings (SSSR count). The minimum Gasteiger partial charge on any atom is -0.444 e. The van der Waals surface area contributed by atoms with Crippen LogP contribution in [0.3, 0.4) is 0 Å². The number of carbonyl (C=O) groups is 1. The summed E-state index contributed by atoms with van der Waals surface area (Å²) in [5, 5.41) is 5.61. The summed E-state index contributed by atoms with van der Waals surface area (Å²) < 4.78 is 35.4. The SMILES string of the molecule is Cc1nn(Cc2cc(F)ccc2F)c(C)c1-c1c[nH]c2ncc(-c3ccc(N4CCN(C(=O)OC(C)(C)C)CC4)cc3)cc12. The standard InChI is InChI=1S/C34H36F2N6O2/c1-21-31(22(2)42(39-21)20-25-16-26(35)8-11-30(25)36)29-19-38-32-28(29)17-24(18-37-32)23-6-9-27(10-7-23)40-12-14-41(15-13-40)33(43)44-34(3,4)5/h6-11,16-19H,12-15,20H2,1-5H3,(H,37,38). The van der Waals surface area contributed by atoms with Gasteiger partial charge < -0.3 is 19.5 Å². The lowest BCUT2D eigenvalue weighted by Gasteiger charge is -2.36. The maximum atomic E-state index is 14.4. The zero-order chi connectivity index (χ0) is 31.2. The van der Waals surface area contributed by atoms with E-state index in [2.05, 4.69) is 50.3 Å². The Balaban J connectivity index is 1.21. The number of anilines is 1. The van der Waals surface area contributed by atoms with Gasteiger partial charge in [0.2, 0.25) is 0 Å². The van der Waals surface area contributed by atoms with Crippen molar-refractivity contribution in [2.24, 2.45) is 0 Å². The molecular formula is C34H36F2N6O2. The molecule has 0 unspecified atom stereocenters. The zero-order valence-electron chi connectivity index (χ0n) is 25.6. The van der Waals surface area contributed by atoms with Gasteiger partial charge in [-0.3, -0.25) is 4.68 Å². The number of ether oxygens (including phenoxy) is 1. The fourth-order valence-corrected chi connectivity index (χ4v) is 5.77. The number of benzene rings is 2. The first-order valence-corrected chi connectivity index (χ1v) is 14.8. The van der Waals surface area contributed by atoms with Crippen LogP contribution in [0, 0.1) is 25.5 Å². The summed E-state index contributed by atoms with van der Waals surface area (Å²) in [6.45, 7) is 12.3. The van der Waals surface area contributed by atoms with Gasteiger partial charge in [0.25, 0.3) is 0 Å². The van der Waals surface area contributed by atoms with Crippen molar-refractivity contribution in [1.82, 2.24) is 24.6 Å². The number of aromatic amines is 1. The Morgan fingerprint density at radius 1 is 0.977 bits per heavy atom. The van der Waals surface area contributed by atoms with Crippen molar-refractivity contribution in [1.29, 1.82) is 0 Å². The van der Waals surface area contributed by atoms with Gasteiger partial charge in [0.1, 0.15) is 22.9 Å². The van der Waals surface area contributed by atoms with E-state index in [4.69, 9.17) is 4.74 Å². The lowest BCUT2D eigenvalue weighted by atomic mass is 10.0. The van der Waals surface area contributed by atoms with Crippen LogP contribution >= 0.6 is 0 Å². The molecule has 1 fully saturated rings. The van der Waals surface area contributed by atoms with Crippen LogP contribution < -0.4 is 4.90 Å². The van der Waals surface area contributed by atoms with E-state index in [0.717, 1.165) is 75.6 Å². The molecule has 0 saturated carbocycles. The average Bonchev–Trinajstić information content (AvgIpc) is 3.52. The molecule has 2 aromatic carbocycles.